The van der Waals surface area contributed by atoms with Gasteiger partial charge in [-0.15, -0.1) is 0 Å². The number of aromatic hydroxyl groups is 1. The third-order valence-electron chi connectivity index (χ3n) is 9.34. The van der Waals surface area contributed by atoms with Crippen LogP contribution in [0.15, 0.2) is 47.2 Å². The molecule has 8 N–H and O–H groups in total. The Bertz CT molecular complexity index is 1750. The monoisotopic (exact) mass is 648 g/mol. The van der Waals surface area contributed by atoms with Crippen LogP contribution in [0.1, 0.15) is 23.1 Å². The molecule has 5 rings (SSSR count). The highest BCUT2D eigenvalue weighted by atomic mass is 16.3. The van der Waals surface area contributed by atoms with Gasteiger partial charge in [-0.25, -0.2) is 4.79 Å². The predicted molar refractivity (Wildman–Crippen MR) is 175 cm³/mol. The van der Waals surface area contributed by atoms with Crippen LogP contribution in [-0.2, 0) is 27.3 Å². The molecule has 4 unspecified atom stereocenters. The van der Waals surface area contributed by atoms with Crippen molar-refractivity contribution in [3.05, 3.63) is 63.9 Å². The normalized spacial score (nSPS) is 23.6. The van der Waals surface area contributed by atoms with Crippen molar-refractivity contribution < 1.29 is 39.6 Å². The number of aliphatic hydroxyl groups excluding tert-OH is 2. The predicted octanol–water partition coefficient (Wildman–Crippen LogP) is 1.42. The first-order chi connectivity index (χ1) is 22.0. The molecule has 14 heteroatoms. The zero-order valence-corrected chi connectivity index (χ0v) is 27.1. The Morgan fingerprint density at radius 3 is 2.19 bits per heavy atom. The van der Waals surface area contributed by atoms with Crippen molar-refractivity contribution in [3.63, 3.8) is 0 Å². The standard InChI is InChI=1S/C33H40N6O8/c1-37(2)18-9-7-17(8-10-18)36-32(46)35-14-16-13-21(38(3)4)19-11-15-12-20-25(39(5)6)28(42)24(31(34)45)30(44)33(20,47)29(43)22(15)27(41)23(19)26(16)40/h7-10,13,15,20,25,40-41,44,47H,11-12,14H2,1-6H3,(H2,34,45)(H2,35,36,46). The quantitative estimate of drug-likeness (QED) is 0.214. The summed E-state index contributed by atoms with van der Waals surface area (Å²) in [6, 6.07) is 7.16. The summed E-state index contributed by atoms with van der Waals surface area (Å²) < 4.78 is 0. The average Bonchev–Trinajstić information content (AvgIpc) is 2.98. The molecule has 3 aliphatic carbocycles. The largest absolute Gasteiger partial charge is 0.508 e. The van der Waals surface area contributed by atoms with Gasteiger partial charge in [-0.05, 0) is 68.8 Å². The summed E-state index contributed by atoms with van der Waals surface area (Å²) in [5, 5.41) is 51.4. The molecule has 4 atom stereocenters. The number of phenolic OH excluding ortho intramolecular Hbond substituents is 1. The summed E-state index contributed by atoms with van der Waals surface area (Å²) in [6.07, 6.45) is 0.130. The van der Waals surface area contributed by atoms with Crippen LogP contribution in [0, 0.1) is 11.8 Å². The fourth-order valence-electron chi connectivity index (χ4n) is 7.07. The number of nitrogens with zero attached hydrogens (tertiary/aromatic N) is 3. The van der Waals surface area contributed by atoms with Gasteiger partial charge in [0.1, 0.15) is 22.8 Å². The van der Waals surface area contributed by atoms with E-state index in [0.29, 0.717) is 16.9 Å². The number of ketones is 2. The molecule has 0 heterocycles. The molecule has 3 aliphatic rings. The molecular formula is C33H40N6O8. The lowest BCUT2D eigenvalue weighted by Gasteiger charge is -2.50. The number of phenols is 1. The van der Waals surface area contributed by atoms with E-state index in [2.05, 4.69) is 10.6 Å². The smallest absolute Gasteiger partial charge is 0.319 e. The molecule has 47 heavy (non-hydrogen) atoms. The number of Topliss-reactive ketones (excluding diaryl/α,β-unsaturated/α-hetero) is 2. The van der Waals surface area contributed by atoms with Crippen molar-refractivity contribution in [1.82, 2.24) is 10.2 Å². The zero-order valence-electron chi connectivity index (χ0n) is 27.1. The molecule has 3 amide bonds. The molecule has 1 saturated carbocycles. The number of nitrogens with two attached hydrogens (primary N) is 1. The van der Waals surface area contributed by atoms with Crippen LogP contribution < -0.4 is 26.2 Å². The molecule has 2 aromatic rings. The van der Waals surface area contributed by atoms with Gasteiger partial charge in [-0.3, -0.25) is 19.3 Å². The number of carbonyl (C=O) groups excluding carboxylic acids is 4. The summed E-state index contributed by atoms with van der Waals surface area (Å²) in [7, 11) is 10.4. The van der Waals surface area contributed by atoms with Gasteiger partial charge in [-0.1, -0.05) is 0 Å². The van der Waals surface area contributed by atoms with Crippen molar-refractivity contribution in [1.29, 1.82) is 0 Å². The number of nitrogens with one attached hydrogen (secondary N) is 2. The van der Waals surface area contributed by atoms with Gasteiger partial charge in [0.2, 0.25) is 5.78 Å². The number of primary amides is 1. The summed E-state index contributed by atoms with van der Waals surface area (Å²) in [6.45, 7) is -0.147. The molecule has 2 aromatic carbocycles. The Hall–Kier alpha value is -5.08. The first kappa shape index (κ1) is 33.3. The number of fused-ring (bicyclic) bond motifs is 3. The molecular weight excluding hydrogens is 608 g/mol. The maximum Gasteiger partial charge on any atom is 0.319 e. The topological polar surface area (TPSA) is 209 Å². The van der Waals surface area contributed by atoms with Gasteiger partial charge < -0.3 is 46.6 Å². The maximum atomic E-state index is 14.1. The van der Waals surface area contributed by atoms with Crippen molar-refractivity contribution in [3.8, 4) is 5.75 Å². The minimum atomic E-state index is -2.73. The fourth-order valence-corrected chi connectivity index (χ4v) is 7.07. The maximum absolute atomic E-state index is 14.1. The number of urea groups is 1. The number of amides is 3. The molecule has 1 fully saturated rings. The van der Waals surface area contributed by atoms with E-state index >= 15 is 0 Å². The second-order valence-electron chi connectivity index (χ2n) is 12.9. The van der Waals surface area contributed by atoms with E-state index in [9.17, 15) is 39.6 Å². The summed E-state index contributed by atoms with van der Waals surface area (Å²) in [4.78, 5) is 57.6. The van der Waals surface area contributed by atoms with E-state index in [0.717, 1.165) is 5.69 Å². The third-order valence-corrected chi connectivity index (χ3v) is 9.34. The molecule has 0 radical (unpaired) electrons. The Labute approximate surface area is 271 Å². The molecule has 0 bridgehead atoms. The van der Waals surface area contributed by atoms with Crippen LogP contribution in [0.3, 0.4) is 0 Å². The van der Waals surface area contributed by atoms with Crippen LogP contribution in [0.25, 0.3) is 5.76 Å². The van der Waals surface area contributed by atoms with E-state index in [-0.39, 0.29) is 41.8 Å². The van der Waals surface area contributed by atoms with E-state index in [1.54, 1.807) is 51.3 Å². The van der Waals surface area contributed by atoms with Crippen molar-refractivity contribution >= 4 is 46.3 Å². The van der Waals surface area contributed by atoms with Gasteiger partial charge >= 0.3 is 6.03 Å². The highest BCUT2D eigenvalue weighted by molar-refractivity contribution is 6.24. The Morgan fingerprint density at radius 1 is 1.00 bits per heavy atom. The number of hydrogen-bond donors (Lipinski definition) is 7. The van der Waals surface area contributed by atoms with Gasteiger partial charge in [0.25, 0.3) is 5.91 Å². The second kappa shape index (κ2) is 11.9. The van der Waals surface area contributed by atoms with E-state index in [1.165, 1.54) is 4.90 Å². The zero-order chi connectivity index (χ0) is 34.7. The highest BCUT2D eigenvalue weighted by Gasteiger charge is 2.64. The molecule has 0 spiro atoms. The van der Waals surface area contributed by atoms with Crippen LogP contribution in [0.5, 0.6) is 5.75 Å². The van der Waals surface area contributed by atoms with Crippen LogP contribution in [0.2, 0.25) is 0 Å². The SMILES string of the molecule is CN(C)c1ccc(NC(=O)NCc2cc(N(C)C)c3c(c2O)C(O)=C2C(=O)C4(O)C(O)=C(C(N)=O)C(=O)C(N(C)C)C4CC2C3)cc1. The van der Waals surface area contributed by atoms with Crippen LogP contribution in [-0.4, -0.2) is 103 Å². The minimum Gasteiger partial charge on any atom is -0.508 e. The van der Waals surface area contributed by atoms with Crippen molar-refractivity contribution in [2.24, 2.45) is 17.6 Å². The minimum absolute atomic E-state index is 0.0155. The Kier molecular flexibility index (Phi) is 8.45. The Balaban J connectivity index is 1.53. The second-order valence-corrected chi connectivity index (χ2v) is 12.9. The first-order valence-electron chi connectivity index (χ1n) is 15.0. The average molecular weight is 649 g/mol. The molecule has 0 saturated heterocycles. The van der Waals surface area contributed by atoms with Crippen LogP contribution >= 0.6 is 0 Å². The van der Waals surface area contributed by atoms with Crippen molar-refractivity contribution in [2.75, 3.05) is 57.4 Å². The molecule has 14 nitrogen and oxygen atoms in total. The number of anilines is 3. The molecule has 250 valence electrons. The van der Waals surface area contributed by atoms with Gasteiger partial charge in [-0.2, -0.15) is 0 Å². The van der Waals surface area contributed by atoms with Gasteiger partial charge in [0.05, 0.1) is 11.6 Å². The van der Waals surface area contributed by atoms with Crippen molar-refractivity contribution in [2.45, 2.75) is 31.0 Å². The van der Waals surface area contributed by atoms with Gasteiger partial charge in [0.15, 0.2) is 11.4 Å². The number of aliphatic hydroxyl groups is 3. The summed E-state index contributed by atoms with van der Waals surface area (Å²) in [5.41, 5.74) is 4.37. The number of benzene rings is 2. The first-order valence-corrected chi connectivity index (χ1v) is 15.0. The van der Waals surface area contributed by atoms with Crippen LogP contribution in [0.4, 0.5) is 21.9 Å². The number of likely N-dealkylation sites (N-methyl/N-ethyl adjacent to an activating group) is 1. The molecule has 0 aliphatic heterocycles. The third kappa shape index (κ3) is 5.32. The van der Waals surface area contributed by atoms with Gasteiger partial charge in [0, 0.05) is 68.9 Å². The fraction of sp³-hybridized carbons (Fsp3) is 0.394. The van der Waals surface area contributed by atoms with E-state index < -0.39 is 64.1 Å². The number of hydrogen-bond acceptors (Lipinski definition) is 11. The lowest BCUT2D eigenvalue weighted by molar-refractivity contribution is -0.153. The number of rotatable bonds is 7. The highest BCUT2D eigenvalue weighted by Crippen LogP contribution is 2.54. The summed E-state index contributed by atoms with van der Waals surface area (Å²) in [5.74, 6) is -7.20. The Morgan fingerprint density at radius 2 is 1.64 bits per heavy atom. The van der Waals surface area contributed by atoms with E-state index in [4.69, 9.17) is 5.73 Å². The summed E-state index contributed by atoms with van der Waals surface area (Å²) >= 11 is 0. The lowest BCUT2D eigenvalue weighted by Crippen LogP contribution is -2.65. The number of carbonyl (C=O) groups is 4. The lowest BCUT2D eigenvalue weighted by atomic mass is 9.57. The van der Waals surface area contributed by atoms with E-state index in [1.807, 2.05) is 31.1 Å². The molecule has 0 aromatic heterocycles.